The number of aliphatic hydroxyl groups excluding tert-OH is 1. The van der Waals surface area contributed by atoms with Crippen LogP contribution in [-0.2, 0) is 6.18 Å². The van der Waals surface area contributed by atoms with Gasteiger partial charge >= 0.3 is 6.18 Å². The lowest BCUT2D eigenvalue weighted by molar-refractivity contribution is -0.138. The molecule has 0 fully saturated rings. The molecule has 1 aromatic carbocycles. The van der Waals surface area contributed by atoms with E-state index in [1.807, 2.05) is 0 Å². The number of halogens is 3. The Morgan fingerprint density at radius 1 is 1.06 bits per heavy atom. The Bertz CT molecular complexity index is 1340. The van der Waals surface area contributed by atoms with Gasteiger partial charge in [-0.3, -0.25) is 10.1 Å². The Morgan fingerprint density at radius 3 is 2.58 bits per heavy atom. The average molecular weight is 503 g/mol. The molecule has 1 unspecified atom stereocenters. The van der Waals surface area contributed by atoms with E-state index in [1.54, 1.807) is 13.0 Å². The molecule has 4 N–H and O–H groups in total. The highest BCUT2D eigenvalue weighted by Crippen LogP contribution is 2.33. The number of aryl methyl sites for hydroxylation is 1. The van der Waals surface area contributed by atoms with E-state index < -0.39 is 29.9 Å². The molecule has 0 aliphatic carbocycles. The predicted molar refractivity (Wildman–Crippen MR) is 119 cm³/mol. The number of benzene rings is 1. The Morgan fingerprint density at radius 2 is 1.86 bits per heavy atom. The first-order chi connectivity index (χ1) is 17.1. The first kappa shape index (κ1) is 24.8. The molecule has 2 atom stereocenters. The molecule has 0 radical (unpaired) electrons. The van der Waals surface area contributed by atoms with Crippen LogP contribution >= 0.6 is 0 Å². The zero-order valence-electron chi connectivity index (χ0n) is 18.9. The van der Waals surface area contributed by atoms with Crippen LogP contribution in [0.5, 0.6) is 0 Å². The molecule has 0 aliphatic heterocycles. The molecule has 188 valence electrons. The van der Waals surface area contributed by atoms with Crippen LogP contribution in [0.15, 0.2) is 58.0 Å². The van der Waals surface area contributed by atoms with Crippen LogP contribution < -0.4 is 16.0 Å². The second-order valence-corrected chi connectivity index (χ2v) is 7.73. The lowest BCUT2D eigenvalue weighted by Crippen LogP contribution is -2.25. The number of carbonyl (C=O) groups is 1. The van der Waals surface area contributed by atoms with E-state index in [0.29, 0.717) is 11.6 Å². The van der Waals surface area contributed by atoms with Crippen molar-refractivity contribution in [2.24, 2.45) is 0 Å². The van der Waals surface area contributed by atoms with Crippen molar-refractivity contribution in [2.75, 3.05) is 10.6 Å². The summed E-state index contributed by atoms with van der Waals surface area (Å²) in [4.78, 5) is 20.5. The minimum absolute atomic E-state index is 0.0330. The van der Waals surface area contributed by atoms with E-state index in [0.717, 1.165) is 6.07 Å². The van der Waals surface area contributed by atoms with Gasteiger partial charge in [0.2, 0.25) is 5.76 Å². The number of nitrogens with zero attached hydrogens (tertiary/aromatic N) is 4. The summed E-state index contributed by atoms with van der Waals surface area (Å²) in [6.07, 6.45) is -3.15. The third-order valence-electron chi connectivity index (χ3n) is 5.07. The van der Waals surface area contributed by atoms with Gasteiger partial charge in [0.1, 0.15) is 30.3 Å². The van der Waals surface area contributed by atoms with Crippen molar-refractivity contribution in [1.82, 2.24) is 25.6 Å². The summed E-state index contributed by atoms with van der Waals surface area (Å²) in [5.74, 6) is -0.210. The van der Waals surface area contributed by atoms with Crippen molar-refractivity contribution in [1.29, 1.82) is 0 Å². The highest BCUT2D eigenvalue weighted by atomic mass is 19.4. The second-order valence-electron chi connectivity index (χ2n) is 7.73. The fourth-order valence-corrected chi connectivity index (χ4v) is 3.20. The number of aliphatic hydroxyl groups is 1. The number of hydrogen-bond donors (Lipinski definition) is 4. The highest BCUT2D eigenvalue weighted by molar-refractivity contribution is 6.02. The number of hydrogen-bond acceptors (Lipinski definition) is 10. The molecule has 4 rings (SSSR count). The zero-order valence-corrected chi connectivity index (χ0v) is 18.9. The van der Waals surface area contributed by atoms with Gasteiger partial charge in [-0.15, -0.1) is 0 Å². The van der Waals surface area contributed by atoms with Crippen LogP contribution in [-0.4, -0.2) is 31.3 Å². The lowest BCUT2D eigenvalue weighted by atomic mass is 10.1. The van der Waals surface area contributed by atoms with E-state index in [4.69, 9.17) is 9.05 Å². The number of nitrogens with one attached hydrogen (secondary N) is 3. The van der Waals surface area contributed by atoms with Crippen LogP contribution in [0.4, 0.5) is 30.5 Å². The van der Waals surface area contributed by atoms with Gasteiger partial charge in [0.05, 0.1) is 17.3 Å². The lowest BCUT2D eigenvalue weighted by Gasteiger charge is -2.17. The van der Waals surface area contributed by atoms with Gasteiger partial charge in [0, 0.05) is 23.9 Å². The Kier molecular flexibility index (Phi) is 6.98. The van der Waals surface area contributed by atoms with E-state index in [2.05, 4.69) is 36.2 Å². The summed E-state index contributed by atoms with van der Waals surface area (Å²) in [6.45, 7) is 2.99. The van der Waals surface area contributed by atoms with Crippen molar-refractivity contribution in [3.63, 3.8) is 0 Å². The standard InChI is InChI=1S/C22H20F3N7O4/c1-11-3-4-13(7-14(11)22(23,24)25)29-21(34)17-8-15(31-36-17)12(2)28-20(33)16-9-19(27-10-26-16)30-18-5-6-35-32-18/h3-10,12,20,28,33H,1-2H3,(H,29,34)(H,26,27,30,32)/t12-,20?/m0/s1. The maximum absolute atomic E-state index is 13.1. The number of carbonyl (C=O) groups excluding carboxylic acids is 1. The summed E-state index contributed by atoms with van der Waals surface area (Å²) in [5.41, 5.74) is -0.352. The third-order valence-corrected chi connectivity index (χ3v) is 5.07. The first-order valence-electron chi connectivity index (χ1n) is 10.5. The van der Waals surface area contributed by atoms with Crippen molar-refractivity contribution in [2.45, 2.75) is 32.3 Å². The largest absolute Gasteiger partial charge is 0.416 e. The van der Waals surface area contributed by atoms with Crippen molar-refractivity contribution >= 4 is 23.2 Å². The van der Waals surface area contributed by atoms with Gasteiger partial charge in [-0.05, 0) is 31.5 Å². The van der Waals surface area contributed by atoms with E-state index in [1.165, 1.54) is 43.8 Å². The van der Waals surface area contributed by atoms with Gasteiger partial charge in [0.15, 0.2) is 5.82 Å². The summed E-state index contributed by atoms with van der Waals surface area (Å²) in [7, 11) is 0. The molecule has 0 aliphatic rings. The molecule has 0 bridgehead atoms. The quantitative estimate of drug-likeness (QED) is 0.259. The number of alkyl halides is 3. The maximum atomic E-state index is 13.1. The zero-order chi connectivity index (χ0) is 25.9. The van der Waals surface area contributed by atoms with Crippen molar-refractivity contribution < 1.29 is 32.1 Å². The van der Waals surface area contributed by atoms with E-state index in [-0.39, 0.29) is 28.4 Å². The molecular formula is C22H20F3N7O4. The van der Waals surface area contributed by atoms with Crippen LogP contribution in [0.2, 0.25) is 0 Å². The Labute approximate surface area is 201 Å². The minimum Gasteiger partial charge on any atom is -0.373 e. The number of aromatic nitrogens is 4. The van der Waals surface area contributed by atoms with Gasteiger partial charge in [0.25, 0.3) is 5.91 Å². The average Bonchev–Trinajstić information content (AvgIpc) is 3.52. The molecule has 14 heteroatoms. The van der Waals surface area contributed by atoms with Gasteiger partial charge < -0.3 is 24.8 Å². The number of anilines is 3. The molecule has 1 amide bonds. The van der Waals surface area contributed by atoms with Crippen molar-refractivity contribution in [3.8, 4) is 0 Å². The molecule has 0 spiro atoms. The number of rotatable bonds is 8. The van der Waals surface area contributed by atoms with Gasteiger partial charge in [-0.1, -0.05) is 16.4 Å². The van der Waals surface area contributed by atoms with E-state index >= 15 is 0 Å². The molecule has 3 heterocycles. The first-order valence-corrected chi connectivity index (χ1v) is 10.5. The maximum Gasteiger partial charge on any atom is 0.416 e. The minimum atomic E-state index is -4.55. The summed E-state index contributed by atoms with van der Waals surface area (Å²) >= 11 is 0. The molecule has 36 heavy (non-hydrogen) atoms. The third kappa shape index (κ3) is 5.84. The van der Waals surface area contributed by atoms with Crippen LogP contribution in [0, 0.1) is 6.92 Å². The fourth-order valence-electron chi connectivity index (χ4n) is 3.20. The van der Waals surface area contributed by atoms with Gasteiger partial charge in [-0.2, -0.15) is 13.2 Å². The molecule has 11 nitrogen and oxygen atoms in total. The summed E-state index contributed by atoms with van der Waals surface area (Å²) in [6, 6.07) is 7.27. The molecule has 0 saturated carbocycles. The normalized spacial score (nSPS) is 13.3. The second kappa shape index (κ2) is 10.1. The smallest absolute Gasteiger partial charge is 0.373 e. The van der Waals surface area contributed by atoms with Gasteiger partial charge in [-0.25, -0.2) is 9.97 Å². The van der Waals surface area contributed by atoms with Crippen LogP contribution in [0.1, 0.15) is 52.3 Å². The summed E-state index contributed by atoms with van der Waals surface area (Å²) < 4.78 is 49.2. The fraction of sp³-hybridized carbons (Fsp3) is 0.227. The number of amides is 1. The molecule has 0 saturated heterocycles. The molecule has 4 aromatic rings. The van der Waals surface area contributed by atoms with Crippen LogP contribution in [0.3, 0.4) is 0 Å². The Balaban J connectivity index is 1.39. The molecule has 3 aromatic heterocycles. The van der Waals surface area contributed by atoms with E-state index in [9.17, 15) is 23.1 Å². The SMILES string of the molecule is Cc1ccc(NC(=O)c2cc([C@H](C)NC(O)c3cc(Nc4ccon4)ncn3)no2)cc1C(F)(F)F. The van der Waals surface area contributed by atoms with Crippen molar-refractivity contribution in [3.05, 3.63) is 77.3 Å². The summed E-state index contributed by atoms with van der Waals surface area (Å²) in [5, 5.41) is 26.2. The predicted octanol–water partition coefficient (Wildman–Crippen LogP) is 4.12. The Hall–Kier alpha value is -4.30. The highest BCUT2D eigenvalue weighted by Gasteiger charge is 2.32. The molecular weight excluding hydrogens is 483 g/mol. The topological polar surface area (TPSA) is 151 Å². The monoisotopic (exact) mass is 503 g/mol. The van der Waals surface area contributed by atoms with Crippen LogP contribution in [0.25, 0.3) is 0 Å².